The Morgan fingerprint density at radius 3 is 2.78 bits per heavy atom. The maximum absolute atomic E-state index is 12.0. The second-order valence-corrected chi connectivity index (χ2v) is 6.77. The van der Waals surface area contributed by atoms with Crippen LogP contribution in [0, 0.1) is 0 Å². The van der Waals surface area contributed by atoms with E-state index in [0.29, 0.717) is 24.8 Å². The van der Waals surface area contributed by atoms with Crippen molar-refractivity contribution in [2.75, 3.05) is 19.3 Å². The third kappa shape index (κ3) is 5.16. The Morgan fingerprint density at radius 2 is 2.22 bits per heavy atom. The Labute approximate surface area is 109 Å². The normalized spacial score (nSPS) is 12.5. The monoisotopic (exact) mass is 274 g/mol. The first-order chi connectivity index (χ1) is 8.42. The third-order valence-corrected chi connectivity index (χ3v) is 4.42. The van der Waals surface area contributed by atoms with Crippen LogP contribution in [0.2, 0.25) is 0 Å². The zero-order chi connectivity index (χ0) is 13.6. The number of hydrogen-bond acceptors (Lipinski definition) is 4. The summed E-state index contributed by atoms with van der Waals surface area (Å²) < 4.78 is 25.3. The molecule has 1 aromatic heterocycles. The van der Waals surface area contributed by atoms with E-state index in [-0.39, 0.29) is 12.3 Å². The molecular formula is C11H22N4O2S. The molecule has 0 spiro atoms. The van der Waals surface area contributed by atoms with Gasteiger partial charge in [-0.25, -0.2) is 13.4 Å². The first-order valence-electron chi connectivity index (χ1n) is 6.07. The summed E-state index contributed by atoms with van der Waals surface area (Å²) in [7, 11) is -1.62. The Hall–Kier alpha value is -0.920. The van der Waals surface area contributed by atoms with E-state index in [0.717, 1.165) is 0 Å². The summed E-state index contributed by atoms with van der Waals surface area (Å²) in [4.78, 5) is 6.91. The summed E-state index contributed by atoms with van der Waals surface area (Å²) in [6.45, 7) is 5.08. The van der Waals surface area contributed by atoms with E-state index < -0.39 is 10.0 Å². The molecular weight excluding hydrogens is 252 g/mol. The molecule has 0 unspecified atom stereocenters. The van der Waals surface area contributed by atoms with E-state index in [4.69, 9.17) is 0 Å². The molecule has 104 valence electrons. The van der Waals surface area contributed by atoms with Gasteiger partial charge in [0.25, 0.3) is 0 Å². The van der Waals surface area contributed by atoms with Gasteiger partial charge in [0.15, 0.2) is 0 Å². The highest BCUT2D eigenvalue weighted by Gasteiger charge is 2.18. The van der Waals surface area contributed by atoms with Crippen LogP contribution in [0.25, 0.3) is 0 Å². The number of aromatic nitrogens is 2. The van der Waals surface area contributed by atoms with Crippen LogP contribution in [-0.4, -0.2) is 48.1 Å². The minimum absolute atomic E-state index is 0.157. The number of H-pyrrole nitrogens is 1. The topological polar surface area (TPSA) is 78.1 Å². The van der Waals surface area contributed by atoms with Crippen LogP contribution in [0.4, 0.5) is 0 Å². The quantitative estimate of drug-likeness (QED) is 0.679. The number of rotatable bonds is 8. The van der Waals surface area contributed by atoms with E-state index in [9.17, 15) is 8.42 Å². The van der Waals surface area contributed by atoms with Gasteiger partial charge in [0, 0.05) is 25.5 Å². The van der Waals surface area contributed by atoms with Crippen molar-refractivity contribution in [1.29, 1.82) is 0 Å². The van der Waals surface area contributed by atoms with E-state index in [1.807, 2.05) is 13.8 Å². The SMILES string of the molecule is CC(C)NCCCS(=O)(=O)N(C)Cc1ncc[nH]1. The van der Waals surface area contributed by atoms with Gasteiger partial charge in [-0.3, -0.25) is 0 Å². The van der Waals surface area contributed by atoms with Crippen molar-refractivity contribution >= 4 is 10.0 Å². The van der Waals surface area contributed by atoms with Crippen LogP contribution < -0.4 is 5.32 Å². The third-order valence-electron chi connectivity index (χ3n) is 2.53. The van der Waals surface area contributed by atoms with E-state index in [1.165, 1.54) is 4.31 Å². The molecule has 1 rings (SSSR count). The number of sulfonamides is 1. The fourth-order valence-electron chi connectivity index (χ4n) is 1.49. The molecule has 6 nitrogen and oxygen atoms in total. The van der Waals surface area contributed by atoms with Gasteiger partial charge in [-0.15, -0.1) is 0 Å². The van der Waals surface area contributed by atoms with Gasteiger partial charge in [-0.2, -0.15) is 4.31 Å². The van der Waals surface area contributed by atoms with E-state index in [1.54, 1.807) is 19.4 Å². The maximum Gasteiger partial charge on any atom is 0.214 e. The van der Waals surface area contributed by atoms with Gasteiger partial charge in [0.2, 0.25) is 10.0 Å². The Morgan fingerprint density at radius 1 is 1.50 bits per heavy atom. The molecule has 18 heavy (non-hydrogen) atoms. The van der Waals surface area contributed by atoms with Gasteiger partial charge in [0.05, 0.1) is 12.3 Å². The second-order valence-electron chi connectivity index (χ2n) is 4.57. The second kappa shape index (κ2) is 6.86. The molecule has 0 aromatic carbocycles. The predicted molar refractivity (Wildman–Crippen MR) is 71.6 cm³/mol. The summed E-state index contributed by atoms with van der Waals surface area (Å²) in [5, 5.41) is 3.20. The van der Waals surface area contributed by atoms with Crippen molar-refractivity contribution in [2.24, 2.45) is 0 Å². The van der Waals surface area contributed by atoms with Crippen molar-refractivity contribution in [3.8, 4) is 0 Å². The molecule has 0 aliphatic heterocycles. The minimum Gasteiger partial charge on any atom is -0.347 e. The van der Waals surface area contributed by atoms with Crippen LogP contribution in [0.5, 0.6) is 0 Å². The van der Waals surface area contributed by atoms with Crippen LogP contribution >= 0.6 is 0 Å². The van der Waals surface area contributed by atoms with Crippen LogP contribution in [0.3, 0.4) is 0 Å². The van der Waals surface area contributed by atoms with Crippen molar-refractivity contribution in [3.63, 3.8) is 0 Å². The van der Waals surface area contributed by atoms with Gasteiger partial charge in [-0.1, -0.05) is 13.8 Å². The van der Waals surface area contributed by atoms with Crippen molar-refractivity contribution in [1.82, 2.24) is 19.6 Å². The van der Waals surface area contributed by atoms with Crippen molar-refractivity contribution in [2.45, 2.75) is 32.9 Å². The Balaban J connectivity index is 2.38. The number of nitrogens with one attached hydrogen (secondary N) is 2. The van der Waals surface area contributed by atoms with E-state index in [2.05, 4.69) is 15.3 Å². The molecule has 2 N–H and O–H groups in total. The first-order valence-corrected chi connectivity index (χ1v) is 7.68. The number of aromatic amines is 1. The van der Waals surface area contributed by atoms with Crippen LogP contribution in [-0.2, 0) is 16.6 Å². The molecule has 0 saturated carbocycles. The maximum atomic E-state index is 12.0. The van der Waals surface area contributed by atoms with Gasteiger partial charge < -0.3 is 10.3 Å². The molecule has 7 heteroatoms. The summed E-state index contributed by atoms with van der Waals surface area (Å²) >= 11 is 0. The zero-order valence-corrected chi connectivity index (χ0v) is 12.0. The Kier molecular flexibility index (Phi) is 5.77. The number of nitrogens with zero attached hydrogens (tertiary/aromatic N) is 2. The molecule has 0 saturated heterocycles. The molecule has 1 heterocycles. The lowest BCUT2D eigenvalue weighted by Crippen LogP contribution is -2.31. The van der Waals surface area contributed by atoms with Gasteiger partial charge in [-0.05, 0) is 13.0 Å². The summed E-state index contributed by atoms with van der Waals surface area (Å²) in [6, 6.07) is 0.383. The molecule has 0 amide bonds. The van der Waals surface area contributed by atoms with Gasteiger partial charge in [0.1, 0.15) is 5.82 Å². The lowest BCUT2D eigenvalue weighted by atomic mass is 10.4. The molecule has 1 aromatic rings. The first kappa shape index (κ1) is 15.1. The highest BCUT2D eigenvalue weighted by molar-refractivity contribution is 7.89. The van der Waals surface area contributed by atoms with Crippen LogP contribution in [0.15, 0.2) is 12.4 Å². The highest BCUT2D eigenvalue weighted by atomic mass is 32.2. The number of hydrogen-bond donors (Lipinski definition) is 2. The smallest absolute Gasteiger partial charge is 0.214 e. The average molecular weight is 274 g/mol. The predicted octanol–water partition coefficient (Wildman–Crippen LogP) is 0.559. The summed E-state index contributed by atoms with van der Waals surface area (Å²) in [5.41, 5.74) is 0. The average Bonchev–Trinajstić information content (AvgIpc) is 2.77. The lowest BCUT2D eigenvalue weighted by Gasteiger charge is -2.16. The standard InChI is InChI=1S/C11H22N4O2S/c1-10(2)12-5-4-8-18(16,17)15(3)9-11-13-6-7-14-11/h6-7,10,12H,4-5,8-9H2,1-3H3,(H,13,14). The lowest BCUT2D eigenvalue weighted by molar-refractivity contribution is 0.455. The largest absolute Gasteiger partial charge is 0.347 e. The fraction of sp³-hybridized carbons (Fsp3) is 0.727. The summed E-state index contributed by atoms with van der Waals surface area (Å²) in [5.74, 6) is 0.811. The molecule has 0 aliphatic rings. The van der Waals surface area contributed by atoms with Crippen molar-refractivity contribution in [3.05, 3.63) is 18.2 Å². The molecule has 0 fully saturated rings. The summed E-state index contributed by atoms with van der Waals surface area (Å²) in [6.07, 6.45) is 3.91. The van der Waals surface area contributed by atoms with E-state index >= 15 is 0 Å². The molecule has 0 radical (unpaired) electrons. The van der Waals surface area contributed by atoms with Gasteiger partial charge >= 0.3 is 0 Å². The molecule has 0 aliphatic carbocycles. The Bertz CT molecular complexity index is 428. The highest BCUT2D eigenvalue weighted by Crippen LogP contribution is 2.04. The molecule has 0 bridgehead atoms. The zero-order valence-electron chi connectivity index (χ0n) is 11.2. The van der Waals surface area contributed by atoms with Crippen LogP contribution in [0.1, 0.15) is 26.1 Å². The van der Waals surface area contributed by atoms with Crippen molar-refractivity contribution < 1.29 is 8.42 Å². The minimum atomic E-state index is -3.20. The fourth-order valence-corrected chi connectivity index (χ4v) is 2.63. The molecule has 0 atom stereocenters. The number of imidazole rings is 1.